The maximum absolute atomic E-state index is 12.3. The molecule has 0 spiro atoms. The third kappa shape index (κ3) is 4.74. The Bertz CT molecular complexity index is 1580. The van der Waals surface area contributed by atoms with Crippen molar-refractivity contribution in [3.63, 3.8) is 0 Å². The van der Waals surface area contributed by atoms with Crippen molar-refractivity contribution >= 4 is 17.5 Å². The minimum absolute atomic E-state index is 0.278. The molecule has 0 atom stereocenters. The van der Waals surface area contributed by atoms with E-state index in [1.807, 2.05) is 45.0 Å². The first kappa shape index (κ1) is 24.7. The minimum atomic E-state index is -0.493. The molecular weight excluding hydrogens is 490 g/mol. The fourth-order valence-corrected chi connectivity index (χ4v) is 5.31. The van der Waals surface area contributed by atoms with E-state index in [2.05, 4.69) is 59.5 Å². The lowest BCUT2D eigenvalue weighted by Gasteiger charge is -2.42. The van der Waals surface area contributed by atoms with Gasteiger partial charge in [-0.2, -0.15) is 0 Å². The van der Waals surface area contributed by atoms with E-state index >= 15 is 0 Å². The van der Waals surface area contributed by atoms with Crippen LogP contribution in [0.4, 0.5) is 16.2 Å². The number of carbonyl (C=O) groups excluding carboxylic acids is 1. The molecule has 0 saturated carbocycles. The number of carbonyl (C=O) groups is 1. The van der Waals surface area contributed by atoms with E-state index in [-0.39, 0.29) is 6.09 Å². The van der Waals surface area contributed by atoms with Gasteiger partial charge in [0.25, 0.3) is 0 Å². The topological polar surface area (TPSA) is 72.8 Å². The van der Waals surface area contributed by atoms with Crippen LogP contribution in [0.2, 0.25) is 0 Å². The first-order valence-corrected chi connectivity index (χ1v) is 13.1. The highest BCUT2D eigenvalue weighted by molar-refractivity contribution is 5.73. The summed E-state index contributed by atoms with van der Waals surface area (Å²) in [5.74, 6) is 1.21. The average Bonchev–Trinajstić information content (AvgIpc) is 3.50. The first-order chi connectivity index (χ1) is 18.7. The maximum Gasteiger partial charge on any atom is 0.410 e. The van der Waals surface area contributed by atoms with Crippen LogP contribution in [-0.2, 0) is 11.3 Å². The number of nitrogens with zero attached hydrogens (tertiary/aromatic N) is 7. The van der Waals surface area contributed by atoms with Gasteiger partial charge in [-0.25, -0.2) is 9.64 Å². The van der Waals surface area contributed by atoms with Crippen LogP contribution in [-0.4, -0.2) is 62.6 Å². The monoisotopic (exact) mass is 521 g/mol. The summed E-state index contributed by atoms with van der Waals surface area (Å²) in [4.78, 5) is 19.9. The van der Waals surface area contributed by atoms with E-state index in [1.165, 1.54) is 11.3 Å². The number of anilines is 1. The molecule has 2 aromatic carbocycles. The van der Waals surface area contributed by atoms with Crippen LogP contribution < -0.4 is 4.90 Å². The van der Waals surface area contributed by atoms with E-state index in [0.717, 1.165) is 41.4 Å². The molecule has 9 nitrogen and oxygen atoms in total. The van der Waals surface area contributed by atoms with Crippen LogP contribution in [0.3, 0.4) is 0 Å². The lowest BCUT2D eigenvalue weighted by molar-refractivity contribution is 0.0265. The van der Waals surface area contributed by atoms with Crippen molar-refractivity contribution < 1.29 is 9.53 Å². The summed E-state index contributed by atoms with van der Waals surface area (Å²) in [6.07, 6.45) is 3.64. The van der Waals surface area contributed by atoms with Crippen molar-refractivity contribution in [3.8, 4) is 28.3 Å². The number of rotatable bonds is 4. The highest BCUT2D eigenvalue weighted by Crippen LogP contribution is 2.36. The Kier molecular flexibility index (Phi) is 5.91. The second-order valence-corrected chi connectivity index (χ2v) is 11.4. The van der Waals surface area contributed by atoms with E-state index in [1.54, 1.807) is 18.3 Å². The number of aromatic nitrogens is 4. The Morgan fingerprint density at radius 1 is 1.13 bits per heavy atom. The second kappa shape index (κ2) is 9.31. The Morgan fingerprint density at radius 2 is 1.90 bits per heavy atom. The highest BCUT2D eigenvalue weighted by Gasteiger charge is 2.31. The van der Waals surface area contributed by atoms with E-state index in [9.17, 15) is 4.79 Å². The SMILES string of the molecule is [C-]#[N+]c1ccc(-c2cc3n(c2)Cc2cc(N4CC(CN(C)C(=O)OC(C)(C)C)C4)ccc2-n2cnnc2-3)cc1. The molecule has 6 rings (SSSR count). The Morgan fingerprint density at radius 3 is 2.62 bits per heavy atom. The van der Waals surface area contributed by atoms with Crippen LogP contribution in [0, 0.1) is 12.5 Å². The molecule has 198 valence electrons. The molecule has 0 aliphatic carbocycles. The molecule has 9 heteroatoms. The van der Waals surface area contributed by atoms with Crippen LogP contribution in [0.25, 0.3) is 33.2 Å². The van der Waals surface area contributed by atoms with E-state index in [4.69, 9.17) is 11.3 Å². The Balaban J connectivity index is 1.21. The molecule has 4 heterocycles. The molecule has 0 unspecified atom stereocenters. The second-order valence-electron chi connectivity index (χ2n) is 11.4. The van der Waals surface area contributed by atoms with Gasteiger partial charge in [0.2, 0.25) is 0 Å². The molecule has 2 aromatic heterocycles. The van der Waals surface area contributed by atoms with Crippen molar-refractivity contribution in [1.82, 2.24) is 24.2 Å². The molecular formula is C30H31N7O2. The van der Waals surface area contributed by atoms with Crippen LogP contribution in [0.5, 0.6) is 0 Å². The number of ether oxygens (including phenoxy) is 1. The Hall–Kier alpha value is -4.58. The lowest BCUT2D eigenvalue weighted by Crippen LogP contribution is -2.52. The number of hydrogen-bond donors (Lipinski definition) is 0. The predicted molar refractivity (Wildman–Crippen MR) is 150 cm³/mol. The van der Waals surface area contributed by atoms with Gasteiger partial charge in [0.1, 0.15) is 11.9 Å². The average molecular weight is 522 g/mol. The summed E-state index contributed by atoms with van der Waals surface area (Å²) >= 11 is 0. The molecule has 1 saturated heterocycles. The van der Waals surface area contributed by atoms with E-state index in [0.29, 0.717) is 24.7 Å². The van der Waals surface area contributed by atoms with Gasteiger partial charge in [0.05, 0.1) is 18.0 Å². The summed E-state index contributed by atoms with van der Waals surface area (Å²) in [6, 6.07) is 16.4. The summed E-state index contributed by atoms with van der Waals surface area (Å²) < 4.78 is 9.77. The summed E-state index contributed by atoms with van der Waals surface area (Å²) in [7, 11) is 1.80. The summed E-state index contributed by atoms with van der Waals surface area (Å²) in [5.41, 5.74) is 6.72. The molecule has 1 amide bonds. The fourth-order valence-electron chi connectivity index (χ4n) is 5.31. The highest BCUT2D eigenvalue weighted by atomic mass is 16.6. The molecule has 2 aliphatic heterocycles. The number of fused-ring (bicyclic) bond motifs is 5. The molecule has 0 bridgehead atoms. The van der Waals surface area contributed by atoms with Crippen molar-refractivity contribution in [1.29, 1.82) is 0 Å². The zero-order valence-corrected chi connectivity index (χ0v) is 22.6. The molecule has 0 radical (unpaired) electrons. The molecule has 2 aliphatic rings. The van der Waals surface area contributed by atoms with Gasteiger partial charge >= 0.3 is 6.09 Å². The quantitative estimate of drug-likeness (QED) is 0.287. The van der Waals surface area contributed by atoms with Crippen molar-refractivity contribution in [2.45, 2.75) is 32.9 Å². The van der Waals surface area contributed by atoms with Gasteiger partial charge in [-0.15, -0.1) is 10.2 Å². The standard InChI is InChI=1S/C30H31N7O2/c1-30(2,3)39-29(38)34(5)14-20-15-35(16-20)25-10-11-26-23(12-25)18-36-17-22(21-6-8-24(31-4)9-7-21)13-27(36)28-33-32-19-37(26)28/h6-13,17,19-20H,14-16,18H2,1-3,5H3. The van der Waals surface area contributed by atoms with Crippen LogP contribution in [0.15, 0.2) is 61.1 Å². The van der Waals surface area contributed by atoms with Crippen LogP contribution in [0.1, 0.15) is 26.3 Å². The number of hydrogen-bond acceptors (Lipinski definition) is 5. The molecule has 39 heavy (non-hydrogen) atoms. The first-order valence-electron chi connectivity index (χ1n) is 13.1. The number of benzene rings is 2. The van der Waals surface area contributed by atoms with Crippen molar-refractivity contribution in [2.24, 2.45) is 5.92 Å². The maximum atomic E-state index is 12.3. The summed E-state index contributed by atoms with van der Waals surface area (Å²) in [6.45, 7) is 16.0. The van der Waals surface area contributed by atoms with Gasteiger partial charge < -0.3 is 19.1 Å². The largest absolute Gasteiger partial charge is 0.444 e. The molecule has 0 N–H and O–H groups in total. The lowest BCUT2D eigenvalue weighted by atomic mass is 9.98. The van der Waals surface area contributed by atoms with Gasteiger partial charge in [-0.05, 0) is 56.2 Å². The Labute approximate surface area is 228 Å². The van der Waals surface area contributed by atoms with Gasteiger partial charge in [-0.3, -0.25) is 4.57 Å². The molecule has 4 aromatic rings. The normalized spacial score (nSPS) is 14.4. The van der Waals surface area contributed by atoms with Gasteiger partial charge in [0.15, 0.2) is 11.5 Å². The predicted octanol–water partition coefficient (Wildman–Crippen LogP) is 5.62. The van der Waals surface area contributed by atoms with Crippen LogP contribution >= 0.6 is 0 Å². The number of amides is 1. The van der Waals surface area contributed by atoms with Gasteiger partial charge in [0, 0.05) is 56.6 Å². The van der Waals surface area contributed by atoms with Crippen molar-refractivity contribution in [2.75, 3.05) is 31.6 Å². The third-order valence-electron chi connectivity index (χ3n) is 7.23. The molecule has 1 fully saturated rings. The smallest absolute Gasteiger partial charge is 0.410 e. The zero-order chi connectivity index (χ0) is 27.3. The fraction of sp³-hybridized carbons (Fsp3) is 0.333. The zero-order valence-electron chi connectivity index (χ0n) is 22.6. The summed E-state index contributed by atoms with van der Waals surface area (Å²) in [5, 5.41) is 8.67. The van der Waals surface area contributed by atoms with Crippen molar-refractivity contribution in [3.05, 3.63) is 78.0 Å². The minimum Gasteiger partial charge on any atom is -0.444 e. The third-order valence-corrected chi connectivity index (χ3v) is 7.23. The van der Waals surface area contributed by atoms with E-state index < -0.39 is 5.60 Å². The van der Waals surface area contributed by atoms with Gasteiger partial charge in [-0.1, -0.05) is 24.3 Å².